The molecule has 0 spiro atoms. The number of nitrogens with one attached hydrogen (secondary N) is 1. The van der Waals surface area contributed by atoms with E-state index in [4.69, 9.17) is 4.99 Å². The fourth-order valence-corrected chi connectivity index (χ4v) is 3.44. The Bertz CT molecular complexity index is 296. The van der Waals surface area contributed by atoms with Gasteiger partial charge in [-0.25, -0.2) is 0 Å². The molecule has 0 aromatic heterocycles. The van der Waals surface area contributed by atoms with Crippen molar-refractivity contribution in [2.45, 2.75) is 69.6 Å². The zero-order valence-electron chi connectivity index (χ0n) is 10.6. The molecule has 17 heavy (non-hydrogen) atoms. The summed E-state index contributed by atoms with van der Waals surface area (Å²) in [5, 5.41) is 3.87. The summed E-state index contributed by atoms with van der Waals surface area (Å²) in [5.74, 6) is 0.141. The molecule has 4 heteroatoms. The summed E-state index contributed by atoms with van der Waals surface area (Å²) < 4.78 is 0. The number of nitrogens with zero attached hydrogens (tertiary/aromatic N) is 1. The van der Waals surface area contributed by atoms with Gasteiger partial charge in [-0.2, -0.15) is 0 Å². The quantitative estimate of drug-likeness (QED) is 0.822. The molecule has 2 aliphatic rings. The third kappa shape index (κ3) is 3.73. The van der Waals surface area contributed by atoms with E-state index in [0.29, 0.717) is 6.04 Å². The molecule has 96 valence electrons. The van der Waals surface area contributed by atoms with Gasteiger partial charge in [0.15, 0.2) is 5.17 Å². The van der Waals surface area contributed by atoms with E-state index in [0.717, 1.165) is 11.6 Å². The number of carbonyl (C=O) groups is 1. The molecule has 2 rings (SSSR count). The van der Waals surface area contributed by atoms with Gasteiger partial charge in [0.25, 0.3) is 0 Å². The number of thioether (sulfide) groups is 1. The van der Waals surface area contributed by atoms with Crippen molar-refractivity contribution in [1.82, 2.24) is 5.32 Å². The number of aliphatic imine (C=N–C) groups is 1. The molecule has 1 amide bonds. The lowest BCUT2D eigenvalue weighted by Crippen LogP contribution is -2.25. The monoisotopic (exact) mass is 254 g/mol. The van der Waals surface area contributed by atoms with E-state index in [9.17, 15) is 4.79 Å². The van der Waals surface area contributed by atoms with Gasteiger partial charge in [0, 0.05) is 0 Å². The topological polar surface area (TPSA) is 41.5 Å². The minimum absolute atomic E-state index is 0.0855. The largest absolute Gasteiger partial charge is 0.304 e. The fourth-order valence-electron chi connectivity index (χ4n) is 2.46. The molecule has 0 aromatic rings. The van der Waals surface area contributed by atoms with Crippen molar-refractivity contribution in [3.05, 3.63) is 0 Å². The highest BCUT2D eigenvalue weighted by Gasteiger charge is 2.28. The SMILES string of the molecule is CCC1SC(=NC2CCCCCCC2)NC1=O. The minimum Gasteiger partial charge on any atom is -0.304 e. The van der Waals surface area contributed by atoms with Crippen LogP contribution in [0.3, 0.4) is 0 Å². The van der Waals surface area contributed by atoms with Crippen molar-refractivity contribution in [3.63, 3.8) is 0 Å². The smallest absolute Gasteiger partial charge is 0.239 e. The third-order valence-corrected chi connectivity index (χ3v) is 4.78. The van der Waals surface area contributed by atoms with Gasteiger partial charge < -0.3 is 5.32 Å². The second kappa shape index (κ2) is 6.43. The number of carbonyl (C=O) groups excluding carboxylic acids is 1. The molecule has 1 N–H and O–H groups in total. The van der Waals surface area contributed by atoms with Crippen LogP contribution >= 0.6 is 11.8 Å². The number of rotatable bonds is 2. The predicted octanol–water partition coefficient (Wildman–Crippen LogP) is 3.10. The van der Waals surface area contributed by atoms with Crippen LogP contribution in [0, 0.1) is 0 Å². The lowest BCUT2D eigenvalue weighted by atomic mass is 9.97. The number of amidine groups is 1. The first-order valence-corrected chi connectivity index (χ1v) is 7.73. The number of hydrogen-bond acceptors (Lipinski definition) is 3. The maximum absolute atomic E-state index is 11.6. The van der Waals surface area contributed by atoms with Crippen LogP contribution in [0.25, 0.3) is 0 Å². The molecule has 0 aromatic carbocycles. The van der Waals surface area contributed by atoms with Crippen LogP contribution in [0.15, 0.2) is 4.99 Å². The summed E-state index contributed by atoms with van der Waals surface area (Å²) in [6, 6.07) is 0.439. The van der Waals surface area contributed by atoms with Gasteiger partial charge in [0.05, 0.1) is 11.3 Å². The average molecular weight is 254 g/mol. The molecule has 1 heterocycles. The van der Waals surface area contributed by atoms with Crippen molar-refractivity contribution in [2.24, 2.45) is 4.99 Å². The first-order valence-electron chi connectivity index (χ1n) is 6.85. The molecule has 1 saturated heterocycles. The van der Waals surface area contributed by atoms with Crippen LogP contribution in [-0.4, -0.2) is 22.4 Å². The summed E-state index contributed by atoms with van der Waals surface area (Å²) in [7, 11) is 0. The Morgan fingerprint density at radius 3 is 2.47 bits per heavy atom. The van der Waals surface area contributed by atoms with Gasteiger partial charge in [-0.05, 0) is 19.3 Å². The maximum atomic E-state index is 11.6. The Morgan fingerprint density at radius 1 is 1.24 bits per heavy atom. The number of amides is 1. The lowest BCUT2D eigenvalue weighted by molar-refractivity contribution is -0.118. The lowest BCUT2D eigenvalue weighted by Gasteiger charge is -2.16. The first-order chi connectivity index (χ1) is 8.29. The van der Waals surface area contributed by atoms with Gasteiger partial charge in [-0.15, -0.1) is 0 Å². The molecular formula is C13H22N2OS. The standard InChI is InChI=1S/C13H22N2OS/c1-2-11-12(16)15-13(17-11)14-10-8-6-4-3-5-7-9-10/h10-11H,2-9H2,1H3,(H,14,15,16). The van der Waals surface area contributed by atoms with E-state index in [-0.39, 0.29) is 11.2 Å². The average Bonchev–Trinajstić information content (AvgIpc) is 2.62. The van der Waals surface area contributed by atoms with Gasteiger partial charge in [0.2, 0.25) is 5.91 Å². The van der Waals surface area contributed by atoms with Crippen LogP contribution in [0.2, 0.25) is 0 Å². The second-order valence-electron chi connectivity index (χ2n) is 4.94. The zero-order chi connectivity index (χ0) is 12.1. The summed E-state index contributed by atoms with van der Waals surface area (Å²) in [6.07, 6.45) is 9.92. The highest BCUT2D eigenvalue weighted by atomic mass is 32.2. The van der Waals surface area contributed by atoms with Crippen molar-refractivity contribution >= 4 is 22.8 Å². The Balaban J connectivity index is 1.91. The second-order valence-corrected chi connectivity index (χ2v) is 6.13. The van der Waals surface area contributed by atoms with Crippen molar-refractivity contribution in [2.75, 3.05) is 0 Å². The highest BCUT2D eigenvalue weighted by molar-refractivity contribution is 8.15. The van der Waals surface area contributed by atoms with Crippen LogP contribution < -0.4 is 5.32 Å². The van der Waals surface area contributed by atoms with Crippen LogP contribution in [0.4, 0.5) is 0 Å². The van der Waals surface area contributed by atoms with Crippen LogP contribution in [0.1, 0.15) is 58.3 Å². The summed E-state index contributed by atoms with van der Waals surface area (Å²) in [5.41, 5.74) is 0. The Morgan fingerprint density at radius 2 is 1.88 bits per heavy atom. The Kier molecular flexibility index (Phi) is 4.89. The van der Waals surface area contributed by atoms with Gasteiger partial charge in [-0.1, -0.05) is 50.8 Å². The summed E-state index contributed by atoms with van der Waals surface area (Å²) in [4.78, 5) is 16.3. The van der Waals surface area contributed by atoms with Crippen LogP contribution in [0.5, 0.6) is 0 Å². The van der Waals surface area contributed by atoms with Gasteiger partial charge >= 0.3 is 0 Å². The number of hydrogen-bond donors (Lipinski definition) is 1. The molecule has 1 saturated carbocycles. The summed E-state index contributed by atoms with van der Waals surface area (Å²) >= 11 is 1.61. The molecule has 0 bridgehead atoms. The molecule has 1 aliphatic heterocycles. The fraction of sp³-hybridized carbons (Fsp3) is 0.846. The zero-order valence-corrected chi connectivity index (χ0v) is 11.4. The predicted molar refractivity (Wildman–Crippen MR) is 73.4 cm³/mol. The molecular weight excluding hydrogens is 232 g/mol. The normalized spacial score (nSPS) is 30.1. The molecule has 1 aliphatic carbocycles. The maximum Gasteiger partial charge on any atom is 0.239 e. The van der Waals surface area contributed by atoms with Gasteiger partial charge in [-0.3, -0.25) is 9.79 Å². The van der Waals surface area contributed by atoms with E-state index < -0.39 is 0 Å². The van der Waals surface area contributed by atoms with E-state index in [1.165, 1.54) is 44.9 Å². The summed E-state index contributed by atoms with van der Waals surface area (Å²) in [6.45, 7) is 2.05. The minimum atomic E-state index is 0.0855. The van der Waals surface area contributed by atoms with Crippen LogP contribution in [-0.2, 0) is 4.79 Å². The van der Waals surface area contributed by atoms with E-state index in [1.807, 2.05) is 0 Å². The highest BCUT2D eigenvalue weighted by Crippen LogP contribution is 2.25. The van der Waals surface area contributed by atoms with E-state index in [1.54, 1.807) is 11.8 Å². The molecule has 3 nitrogen and oxygen atoms in total. The van der Waals surface area contributed by atoms with Crippen molar-refractivity contribution in [1.29, 1.82) is 0 Å². The molecule has 1 unspecified atom stereocenters. The molecule has 2 fully saturated rings. The van der Waals surface area contributed by atoms with Gasteiger partial charge in [0.1, 0.15) is 0 Å². The van der Waals surface area contributed by atoms with Crippen molar-refractivity contribution < 1.29 is 4.79 Å². The van der Waals surface area contributed by atoms with E-state index >= 15 is 0 Å². The molecule has 1 atom stereocenters. The first kappa shape index (κ1) is 12.9. The Labute approximate surface area is 108 Å². The van der Waals surface area contributed by atoms with Crippen molar-refractivity contribution in [3.8, 4) is 0 Å². The van der Waals surface area contributed by atoms with E-state index in [2.05, 4.69) is 12.2 Å². The third-order valence-electron chi connectivity index (χ3n) is 3.52. The Hall–Kier alpha value is -0.510. The molecule has 0 radical (unpaired) electrons.